The first-order valence-corrected chi connectivity index (χ1v) is 12.3. The number of ether oxygens (including phenoxy) is 2. The second-order valence-corrected chi connectivity index (χ2v) is 9.66. The maximum absolute atomic E-state index is 13.9. The van der Waals surface area contributed by atoms with Gasteiger partial charge in [-0.15, -0.1) is 0 Å². The molecule has 5 nitrogen and oxygen atoms in total. The normalized spacial score (nSPS) is 17.4. The zero-order valence-electron chi connectivity index (χ0n) is 20.2. The molecule has 0 saturated carbocycles. The number of pyridine rings is 1. The molecule has 1 N–H and O–H groups in total. The number of rotatable bonds is 6. The van der Waals surface area contributed by atoms with E-state index in [-0.39, 0.29) is 24.1 Å². The largest absolute Gasteiger partial charge is 0.508 e. The zero-order valence-corrected chi connectivity index (χ0v) is 20.2. The predicted molar refractivity (Wildman–Crippen MR) is 134 cm³/mol. The quantitative estimate of drug-likeness (QED) is 0.297. The van der Waals surface area contributed by atoms with Gasteiger partial charge < -0.3 is 14.6 Å². The number of alkyl halides is 4. The number of aromatic hydroxyl groups is 1. The summed E-state index contributed by atoms with van der Waals surface area (Å²) >= 11 is 0. The highest BCUT2D eigenvalue weighted by Crippen LogP contribution is 2.51. The molecule has 4 aromatic rings. The van der Waals surface area contributed by atoms with Crippen molar-refractivity contribution in [3.8, 4) is 28.4 Å². The summed E-state index contributed by atoms with van der Waals surface area (Å²) in [4.78, 5) is 6.54. The first kappa shape index (κ1) is 24.5. The summed E-state index contributed by atoms with van der Waals surface area (Å²) in [6.45, 7) is 2.31. The molecule has 0 radical (unpaired) electrons. The summed E-state index contributed by atoms with van der Waals surface area (Å²) in [5.41, 5.74) is 1.84. The molecule has 0 unspecified atom stereocenters. The maximum Gasteiger partial charge on any atom is 0.419 e. The van der Waals surface area contributed by atoms with Gasteiger partial charge in [-0.05, 0) is 35.9 Å². The maximum atomic E-state index is 13.9. The number of nitrogens with zero attached hydrogens (tertiary/aromatic N) is 2. The second kappa shape index (κ2) is 9.47. The Morgan fingerprint density at radius 1 is 1.03 bits per heavy atom. The molecule has 0 spiro atoms. The summed E-state index contributed by atoms with van der Waals surface area (Å²) in [6.07, 6.45) is -3.91. The van der Waals surface area contributed by atoms with E-state index >= 15 is 0 Å². The van der Waals surface area contributed by atoms with Gasteiger partial charge >= 0.3 is 6.18 Å². The van der Waals surface area contributed by atoms with E-state index < -0.39 is 17.8 Å². The van der Waals surface area contributed by atoms with Gasteiger partial charge in [0.15, 0.2) is 6.10 Å². The first-order chi connectivity index (χ1) is 18.3. The Morgan fingerprint density at radius 3 is 2.55 bits per heavy atom. The van der Waals surface area contributed by atoms with Crippen molar-refractivity contribution in [2.45, 2.75) is 12.3 Å². The molecule has 0 aliphatic carbocycles. The van der Waals surface area contributed by atoms with Crippen molar-refractivity contribution >= 4 is 10.9 Å². The lowest BCUT2D eigenvalue weighted by molar-refractivity contribution is -0.139. The number of likely N-dealkylation sites (tertiary alicyclic amines) is 1. The van der Waals surface area contributed by atoms with Gasteiger partial charge in [0.25, 0.3) is 0 Å². The molecule has 1 aromatic heterocycles. The highest BCUT2D eigenvalue weighted by atomic mass is 19.4. The van der Waals surface area contributed by atoms with Gasteiger partial charge in [0, 0.05) is 59.9 Å². The number of hydrogen-bond donors (Lipinski definition) is 1. The van der Waals surface area contributed by atoms with Gasteiger partial charge in [0.05, 0.1) is 17.8 Å². The molecule has 6 rings (SSSR count). The number of benzene rings is 3. The van der Waals surface area contributed by atoms with Crippen LogP contribution in [0.3, 0.4) is 0 Å². The highest BCUT2D eigenvalue weighted by Gasteiger charge is 2.39. The van der Waals surface area contributed by atoms with Gasteiger partial charge in [-0.2, -0.15) is 13.2 Å². The van der Waals surface area contributed by atoms with Gasteiger partial charge in [-0.1, -0.05) is 24.3 Å². The SMILES string of the molecule is Oc1ccc2c3c(cnc2c1)-c1cccc(C(F)(F)F)c1O[C@@H]3c1ccc(OCCN2CC(CF)C2)cc1. The van der Waals surface area contributed by atoms with Crippen LogP contribution >= 0.6 is 0 Å². The minimum atomic E-state index is -4.60. The molecule has 1 atom stereocenters. The number of aromatic nitrogens is 1. The van der Waals surface area contributed by atoms with Crippen LogP contribution in [0.5, 0.6) is 17.2 Å². The standard InChI is InChI=1S/C29H24F4N2O3/c30-13-17-15-35(16-17)10-11-37-20-7-4-18(5-8-20)27-26-22-9-6-19(36)12-25(22)34-14-23(26)21-2-1-3-24(28(21)38-27)29(31,32)33/h1-9,12,14,17,27,36H,10-11,13,15-16H2/t27-/m1/s1. The van der Waals surface area contributed by atoms with Crippen molar-refractivity contribution in [2.75, 3.05) is 32.9 Å². The Labute approximate surface area is 216 Å². The lowest BCUT2D eigenvalue weighted by atomic mass is 9.87. The third-order valence-electron chi connectivity index (χ3n) is 7.11. The second-order valence-electron chi connectivity index (χ2n) is 9.66. The summed E-state index contributed by atoms with van der Waals surface area (Å²) in [5.74, 6) is 0.538. The number of hydrogen-bond acceptors (Lipinski definition) is 5. The topological polar surface area (TPSA) is 54.8 Å². The van der Waals surface area contributed by atoms with Crippen LogP contribution in [-0.2, 0) is 6.18 Å². The van der Waals surface area contributed by atoms with Crippen molar-refractivity contribution in [1.82, 2.24) is 9.88 Å². The van der Waals surface area contributed by atoms with Crippen molar-refractivity contribution in [1.29, 1.82) is 0 Å². The van der Waals surface area contributed by atoms with E-state index in [0.29, 0.717) is 52.1 Å². The van der Waals surface area contributed by atoms with E-state index in [0.717, 1.165) is 19.2 Å². The minimum absolute atomic E-state index is 0.0397. The molecule has 1 saturated heterocycles. The number of fused-ring (bicyclic) bond motifs is 5. The van der Waals surface area contributed by atoms with Crippen LogP contribution in [-0.4, -0.2) is 47.9 Å². The summed E-state index contributed by atoms with van der Waals surface area (Å²) < 4.78 is 66.3. The van der Waals surface area contributed by atoms with Crippen molar-refractivity contribution in [3.63, 3.8) is 0 Å². The third kappa shape index (κ3) is 4.41. The monoisotopic (exact) mass is 524 g/mol. The predicted octanol–water partition coefficient (Wildman–Crippen LogP) is 6.39. The molecular weight excluding hydrogens is 500 g/mol. The molecule has 2 aliphatic rings. The summed E-state index contributed by atoms with van der Waals surface area (Å²) in [7, 11) is 0. The number of phenols is 1. The number of halogens is 4. The molecule has 1 fully saturated rings. The molecule has 9 heteroatoms. The Balaban J connectivity index is 1.35. The smallest absolute Gasteiger partial charge is 0.419 e. The van der Waals surface area contributed by atoms with Gasteiger partial charge in [0.1, 0.15) is 23.9 Å². The average Bonchev–Trinajstić information content (AvgIpc) is 2.88. The molecular formula is C29H24F4N2O3. The Hall–Kier alpha value is -3.85. The molecule has 3 aromatic carbocycles. The molecule has 3 heterocycles. The Kier molecular flexibility index (Phi) is 6.10. The molecule has 0 amide bonds. The van der Waals surface area contributed by atoms with Crippen molar-refractivity contribution in [2.24, 2.45) is 5.92 Å². The van der Waals surface area contributed by atoms with Crippen LogP contribution in [0.1, 0.15) is 22.8 Å². The lowest BCUT2D eigenvalue weighted by Gasteiger charge is -2.37. The average molecular weight is 525 g/mol. The van der Waals surface area contributed by atoms with E-state index in [1.165, 1.54) is 24.4 Å². The lowest BCUT2D eigenvalue weighted by Crippen LogP contribution is -2.49. The molecule has 196 valence electrons. The highest BCUT2D eigenvalue weighted by molar-refractivity contribution is 5.92. The van der Waals surface area contributed by atoms with Crippen LogP contribution in [0, 0.1) is 5.92 Å². The first-order valence-electron chi connectivity index (χ1n) is 12.3. The van der Waals surface area contributed by atoms with Crippen molar-refractivity contribution < 1.29 is 32.1 Å². The van der Waals surface area contributed by atoms with Crippen LogP contribution in [0.15, 0.2) is 66.9 Å². The van der Waals surface area contributed by atoms with Crippen molar-refractivity contribution in [3.05, 3.63) is 83.6 Å². The van der Waals surface area contributed by atoms with E-state index in [9.17, 15) is 22.7 Å². The molecule has 0 bridgehead atoms. The molecule has 2 aliphatic heterocycles. The minimum Gasteiger partial charge on any atom is -0.508 e. The van der Waals surface area contributed by atoms with E-state index in [4.69, 9.17) is 9.47 Å². The van der Waals surface area contributed by atoms with Gasteiger partial charge in [0.2, 0.25) is 0 Å². The van der Waals surface area contributed by atoms with Crippen LogP contribution in [0.2, 0.25) is 0 Å². The van der Waals surface area contributed by atoms with Crippen LogP contribution in [0.4, 0.5) is 17.6 Å². The fraction of sp³-hybridized carbons (Fsp3) is 0.276. The van der Waals surface area contributed by atoms with Crippen LogP contribution in [0.25, 0.3) is 22.0 Å². The van der Waals surface area contributed by atoms with Gasteiger partial charge in [-0.25, -0.2) is 0 Å². The van der Waals surface area contributed by atoms with E-state index in [1.807, 2.05) is 0 Å². The third-order valence-corrected chi connectivity index (χ3v) is 7.11. The van der Waals surface area contributed by atoms with E-state index in [1.54, 1.807) is 36.4 Å². The Morgan fingerprint density at radius 2 is 1.82 bits per heavy atom. The summed E-state index contributed by atoms with van der Waals surface area (Å²) in [6, 6.07) is 15.8. The zero-order chi connectivity index (χ0) is 26.4. The number of para-hydroxylation sites is 1. The fourth-order valence-corrected chi connectivity index (χ4v) is 5.20. The number of phenolic OH excluding ortho intramolecular Hbond substituents is 1. The summed E-state index contributed by atoms with van der Waals surface area (Å²) in [5, 5.41) is 10.6. The fourth-order valence-electron chi connectivity index (χ4n) is 5.20. The van der Waals surface area contributed by atoms with Gasteiger partial charge in [-0.3, -0.25) is 14.3 Å². The molecule has 38 heavy (non-hydrogen) atoms. The van der Waals surface area contributed by atoms with E-state index in [2.05, 4.69) is 9.88 Å². The van der Waals surface area contributed by atoms with Crippen LogP contribution < -0.4 is 9.47 Å². The Bertz CT molecular complexity index is 1480.